The molecule has 128 valence electrons. The van der Waals surface area contributed by atoms with E-state index in [9.17, 15) is 14.7 Å². The fraction of sp³-hybridized carbons (Fsp3) is 0.333. The largest absolute Gasteiger partial charge is 0.467 e. The number of hydrogen-bond acceptors (Lipinski definition) is 4. The van der Waals surface area contributed by atoms with Crippen LogP contribution in [0.15, 0.2) is 47.1 Å². The first kappa shape index (κ1) is 17.7. The molecule has 1 aromatic carbocycles. The van der Waals surface area contributed by atoms with Gasteiger partial charge < -0.3 is 20.2 Å². The summed E-state index contributed by atoms with van der Waals surface area (Å²) in [5, 5.41) is 14.9. The summed E-state index contributed by atoms with van der Waals surface area (Å²) in [7, 11) is 0. The van der Waals surface area contributed by atoms with Gasteiger partial charge in [0.15, 0.2) is 0 Å². The Morgan fingerprint density at radius 3 is 2.54 bits per heavy atom. The number of amides is 2. The zero-order valence-electron chi connectivity index (χ0n) is 13.6. The van der Waals surface area contributed by atoms with Crippen LogP contribution in [0, 0.1) is 6.92 Å². The molecule has 2 aromatic rings. The molecule has 0 bridgehead atoms. The maximum Gasteiger partial charge on any atom is 0.239 e. The molecule has 1 aromatic heterocycles. The van der Waals surface area contributed by atoms with E-state index < -0.39 is 6.10 Å². The van der Waals surface area contributed by atoms with Gasteiger partial charge in [0.2, 0.25) is 11.8 Å². The predicted octanol–water partition coefficient (Wildman–Crippen LogP) is 1.49. The summed E-state index contributed by atoms with van der Waals surface area (Å²) in [5.41, 5.74) is 2.26. The fourth-order valence-electron chi connectivity index (χ4n) is 2.13. The number of benzene rings is 1. The molecule has 1 heterocycles. The minimum absolute atomic E-state index is 0.0333. The number of hydrogen-bond donors (Lipinski definition) is 3. The van der Waals surface area contributed by atoms with Gasteiger partial charge in [-0.15, -0.1) is 0 Å². The minimum atomic E-state index is -0.902. The lowest BCUT2D eigenvalue weighted by Gasteiger charge is -2.10. The Bertz CT molecular complexity index is 650. The number of furan rings is 1. The number of aryl methyl sites for hydroxylation is 2. The average molecular weight is 330 g/mol. The lowest BCUT2D eigenvalue weighted by Crippen LogP contribution is -2.38. The second kappa shape index (κ2) is 8.88. The third-order valence-electron chi connectivity index (χ3n) is 3.57. The van der Waals surface area contributed by atoms with Crippen LogP contribution in [-0.2, 0) is 16.0 Å². The molecule has 2 amide bonds. The van der Waals surface area contributed by atoms with Gasteiger partial charge in [-0.3, -0.25) is 9.59 Å². The number of rotatable bonds is 8. The van der Waals surface area contributed by atoms with Crippen molar-refractivity contribution in [2.75, 3.05) is 13.1 Å². The van der Waals surface area contributed by atoms with E-state index in [1.54, 1.807) is 12.1 Å². The van der Waals surface area contributed by atoms with Crippen LogP contribution in [0.1, 0.15) is 29.4 Å². The normalized spacial score (nSPS) is 11.8. The maximum atomic E-state index is 11.8. The Kier molecular flexibility index (Phi) is 6.57. The molecule has 0 saturated heterocycles. The predicted molar refractivity (Wildman–Crippen MR) is 89.2 cm³/mol. The first-order valence-electron chi connectivity index (χ1n) is 7.85. The Hall–Kier alpha value is -2.60. The highest BCUT2D eigenvalue weighted by molar-refractivity contribution is 5.84. The number of nitrogens with one attached hydrogen (secondary N) is 2. The summed E-state index contributed by atoms with van der Waals surface area (Å²) in [6.45, 7) is 1.93. The monoisotopic (exact) mass is 330 g/mol. The van der Waals surface area contributed by atoms with E-state index in [1.807, 2.05) is 31.2 Å². The molecule has 0 aliphatic heterocycles. The van der Waals surface area contributed by atoms with Crippen LogP contribution in [0.5, 0.6) is 0 Å². The summed E-state index contributed by atoms with van der Waals surface area (Å²) < 4.78 is 5.04. The van der Waals surface area contributed by atoms with Gasteiger partial charge in [-0.05, 0) is 31.0 Å². The first-order valence-corrected chi connectivity index (χ1v) is 7.85. The lowest BCUT2D eigenvalue weighted by atomic mass is 10.1. The van der Waals surface area contributed by atoms with Crippen molar-refractivity contribution in [3.05, 3.63) is 59.5 Å². The second-order valence-electron chi connectivity index (χ2n) is 5.60. The van der Waals surface area contributed by atoms with E-state index in [2.05, 4.69) is 10.6 Å². The Labute approximate surface area is 140 Å². The quantitative estimate of drug-likeness (QED) is 0.684. The van der Waals surface area contributed by atoms with E-state index in [0.29, 0.717) is 18.6 Å². The highest BCUT2D eigenvalue weighted by Crippen LogP contribution is 2.11. The van der Waals surface area contributed by atoms with Gasteiger partial charge in [0.05, 0.1) is 19.4 Å². The molecular formula is C18H22N2O4. The van der Waals surface area contributed by atoms with Crippen molar-refractivity contribution in [2.24, 2.45) is 0 Å². The standard InChI is InChI=1S/C18H22N2O4/c1-13-4-6-14(7-5-13)8-9-17(22)20-12-18(23)19-11-15(21)16-3-2-10-24-16/h2-7,10,15,21H,8-9,11-12H2,1H3,(H,19,23)(H,20,22). The van der Waals surface area contributed by atoms with Crippen LogP contribution >= 0.6 is 0 Å². The van der Waals surface area contributed by atoms with E-state index in [4.69, 9.17) is 4.42 Å². The van der Waals surface area contributed by atoms with Crippen molar-refractivity contribution in [1.82, 2.24) is 10.6 Å². The smallest absolute Gasteiger partial charge is 0.239 e. The van der Waals surface area contributed by atoms with Crippen LogP contribution < -0.4 is 10.6 Å². The van der Waals surface area contributed by atoms with Crippen molar-refractivity contribution in [1.29, 1.82) is 0 Å². The molecule has 6 nitrogen and oxygen atoms in total. The Balaban J connectivity index is 1.62. The van der Waals surface area contributed by atoms with Crippen LogP contribution in [0.4, 0.5) is 0 Å². The van der Waals surface area contributed by atoms with E-state index in [-0.39, 0.29) is 24.9 Å². The Morgan fingerprint density at radius 1 is 1.12 bits per heavy atom. The zero-order valence-corrected chi connectivity index (χ0v) is 13.6. The first-order chi connectivity index (χ1) is 11.5. The van der Waals surface area contributed by atoms with Gasteiger partial charge in [0.1, 0.15) is 11.9 Å². The molecule has 0 radical (unpaired) electrons. The van der Waals surface area contributed by atoms with Gasteiger partial charge in [-0.25, -0.2) is 0 Å². The number of carbonyl (C=O) groups excluding carboxylic acids is 2. The van der Waals surface area contributed by atoms with Crippen molar-refractivity contribution in [3.63, 3.8) is 0 Å². The van der Waals surface area contributed by atoms with Crippen LogP contribution in [0.25, 0.3) is 0 Å². The number of aliphatic hydroxyl groups is 1. The maximum absolute atomic E-state index is 11.8. The number of aliphatic hydroxyl groups excluding tert-OH is 1. The topological polar surface area (TPSA) is 91.6 Å². The second-order valence-corrected chi connectivity index (χ2v) is 5.60. The van der Waals surface area contributed by atoms with Gasteiger partial charge in [0, 0.05) is 6.42 Å². The highest BCUT2D eigenvalue weighted by atomic mass is 16.4. The van der Waals surface area contributed by atoms with Crippen LogP contribution in [0.2, 0.25) is 0 Å². The minimum Gasteiger partial charge on any atom is -0.467 e. The molecule has 0 aliphatic carbocycles. The van der Waals surface area contributed by atoms with Crippen molar-refractivity contribution >= 4 is 11.8 Å². The molecule has 1 atom stereocenters. The summed E-state index contributed by atoms with van der Waals surface area (Å²) in [6, 6.07) is 11.3. The molecule has 0 fully saturated rings. The van der Waals surface area contributed by atoms with E-state index in [1.165, 1.54) is 11.8 Å². The average Bonchev–Trinajstić information content (AvgIpc) is 3.12. The van der Waals surface area contributed by atoms with Gasteiger partial charge in [-0.2, -0.15) is 0 Å². The summed E-state index contributed by atoms with van der Waals surface area (Å²) >= 11 is 0. The molecule has 1 unspecified atom stereocenters. The van der Waals surface area contributed by atoms with E-state index in [0.717, 1.165) is 5.56 Å². The molecule has 0 spiro atoms. The van der Waals surface area contributed by atoms with E-state index >= 15 is 0 Å². The summed E-state index contributed by atoms with van der Waals surface area (Å²) in [5.74, 6) is -0.154. The highest BCUT2D eigenvalue weighted by Gasteiger charge is 2.12. The number of carbonyl (C=O) groups is 2. The summed E-state index contributed by atoms with van der Waals surface area (Å²) in [4.78, 5) is 23.4. The van der Waals surface area contributed by atoms with Gasteiger partial charge in [-0.1, -0.05) is 29.8 Å². The lowest BCUT2D eigenvalue weighted by molar-refractivity contribution is -0.126. The Morgan fingerprint density at radius 2 is 1.88 bits per heavy atom. The molecule has 6 heteroatoms. The molecule has 3 N–H and O–H groups in total. The molecule has 24 heavy (non-hydrogen) atoms. The zero-order chi connectivity index (χ0) is 17.4. The molecule has 0 aliphatic rings. The molecular weight excluding hydrogens is 308 g/mol. The van der Waals surface area contributed by atoms with Crippen LogP contribution in [0.3, 0.4) is 0 Å². The molecule has 0 saturated carbocycles. The summed E-state index contributed by atoms with van der Waals surface area (Å²) in [6.07, 6.45) is 1.51. The third kappa shape index (κ3) is 5.89. The third-order valence-corrected chi connectivity index (χ3v) is 3.57. The van der Waals surface area contributed by atoms with Crippen molar-refractivity contribution in [2.45, 2.75) is 25.9 Å². The SMILES string of the molecule is Cc1ccc(CCC(=O)NCC(=O)NCC(O)c2ccco2)cc1. The van der Waals surface area contributed by atoms with Crippen molar-refractivity contribution < 1.29 is 19.1 Å². The van der Waals surface area contributed by atoms with Gasteiger partial charge in [0.25, 0.3) is 0 Å². The van der Waals surface area contributed by atoms with Crippen LogP contribution in [-0.4, -0.2) is 30.0 Å². The van der Waals surface area contributed by atoms with Crippen molar-refractivity contribution in [3.8, 4) is 0 Å². The molecule has 2 rings (SSSR count). The fourth-order valence-corrected chi connectivity index (χ4v) is 2.13. The van der Waals surface area contributed by atoms with Gasteiger partial charge >= 0.3 is 0 Å².